The normalized spacial score (nSPS) is 20.6. The van der Waals surface area contributed by atoms with Crippen molar-refractivity contribution in [1.29, 1.82) is 0 Å². The predicted octanol–water partition coefficient (Wildman–Crippen LogP) is 0.198. The first-order valence-electron chi connectivity index (χ1n) is 6.48. The van der Waals surface area contributed by atoms with Gasteiger partial charge >= 0.3 is 0 Å². The standard InChI is InChI=1S/C13H19N3O3S/c1-16(2)12-7-10(3-5-14-12)8-15-13(17)11-4-6-20(18,19)9-11/h3,5,7,11H,4,6,8-9H2,1-2H3,(H,15,17). The highest BCUT2D eigenvalue weighted by Gasteiger charge is 2.32. The van der Waals surface area contributed by atoms with Crippen molar-refractivity contribution >= 4 is 21.6 Å². The average Bonchev–Trinajstić information content (AvgIpc) is 2.77. The van der Waals surface area contributed by atoms with Crippen LogP contribution in [0.1, 0.15) is 12.0 Å². The molecule has 1 atom stereocenters. The molecule has 7 heteroatoms. The molecule has 1 aliphatic rings. The van der Waals surface area contributed by atoms with E-state index in [2.05, 4.69) is 10.3 Å². The Morgan fingerprint density at radius 3 is 2.85 bits per heavy atom. The van der Waals surface area contributed by atoms with Gasteiger partial charge in [-0.25, -0.2) is 13.4 Å². The van der Waals surface area contributed by atoms with Gasteiger partial charge in [0.25, 0.3) is 0 Å². The van der Waals surface area contributed by atoms with Crippen LogP contribution in [0.15, 0.2) is 18.3 Å². The van der Waals surface area contributed by atoms with E-state index in [0.717, 1.165) is 11.4 Å². The largest absolute Gasteiger partial charge is 0.363 e. The molecule has 1 fully saturated rings. The zero-order valence-electron chi connectivity index (χ0n) is 11.7. The number of sulfone groups is 1. The van der Waals surface area contributed by atoms with Gasteiger partial charge in [0.05, 0.1) is 17.4 Å². The molecule has 1 aromatic heterocycles. The van der Waals surface area contributed by atoms with Crippen molar-refractivity contribution in [2.75, 3.05) is 30.5 Å². The summed E-state index contributed by atoms with van der Waals surface area (Å²) < 4.78 is 22.7. The Morgan fingerprint density at radius 1 is 1.50 bits per heavy atom. The second-order valence-electron chi connectivity index (χ2n) is 5.23. The SMILES string of the molecule is CN(C)c1cc(CNC(=O)C2CCS(=O)(=O)C2)ccn1. The van der Waals surface area contributed by atoms with Crippen molar-refractivity contribution < 1.29 is 13.2 Å². The average molecular weight is 297 g/mol. The summed E-state index contributed by atoms with van der Waals surface area (Å²) >= 11 is 0. The van der Waals surface area contributed by atoms with Crippen molar-refractivity contribution in [3.8, 4) is 0 Å². The molecule has 20 heavy (non-hydrogen) atoms. The van der Waals surface area contributed by atoms with Gasteiger partial charge in [0.15, 0.2) is 9.84 Å². The zero-order chi connectivity index (χ0) is 14.8. The van der Waals surface area contributed by atoms with Crippen LogP contribution in [0.5, 0.6) is 0 Å². The van der Waals surface area contributed by atoms with Gasteiger partial charge in [-0.1, -0.05) is 0 Å². The van der Waals surface area contributed by atoms with E-state index in [1.165, 1.54) is 0 Å². The van der Waals surface area contributed by atoms with Crippen LogP contribution in [-0.4, -0.2) is 44.9 Å². The number of nitrogens with one attached hydrogen (secondary N) is 1. The molecule has 0 saturated carbocycles. The Morgan fingerprint density at radius 2 is 2.25 bits per heavy atom. The molecule has 2 rings (SSSR count). The van der Waals surface area contributed by atoms with Gasteiger partial charge in [0.2, 0.25) is 5.91 Å². The molecule has 6 nitrogen and oxygen atoms in total. The zero-order valence-corrected chi connectivity index (χ0v) is 12.5. The summed E-state index contributed by atoms with van der Waals surface area (Å²) in [4.78, 5) is 18.0. The molecule has 1 amide bonds. The quantitative estimate of drug-likeness (QED) is 0.859. The fourth-order valence-corrected chi connectivity index (χ4v) is 3.89. The smallest absolute Gasteiger partial charge is 0.224 e. The highest BCUT2D eigenvalue weighted by molar-refractivity contribution is 7.91. The fourth-order valence-electron chi connectivity index (χ4n) is 2.15. The van der Waals surface area contributed by atoms with Crippen LogP contribution in [0.2, 0.25) is 0 Å². The lowest BCUT2D eigenvalue weighted by Crippen LogP contribution is -2.31. The summed E-state index contributed by atoms with van der Waals surface area (Å²) in [6.07, 6.45) is 2.12. The molecule has 1 saturated heterocycles. The Bertz CT molecular complexity index is 599. The summed E-state index contributed by atoms with van der Waals surface area (Å²) in [7, 11) is 0.775. The number of pyridine rings is 1. The molecule has 0 aliphatic carbocycles. The summed E-state index contributed by atoms with van der Waals surface area (Å²) in [5.41, 5.74) is 0.943. The number of nitrogens with zero attached hydrogens (tertiary/aromatic N) is 2. The van der Waals surface area contributed by atoms with Crippen molar-refractivity contribution in [2.45, 2.75) is 13.0 Å². The lowest BCUT2D eigenvalue weighted by atomic mass is 10.1. The maximum absolute atomic E-state index is 11.9. The molecule has 1 N–H and O–H groups in total. The van der Waals surface area contributed by atoms with Crippen LogP contribution in [-0.2, 0) is 21.2 Å². The van der Waals surface area contributed by atoms with Crippen LogP contribution in [0, 0.1) is 5.92 Å². The highest BCUT2D eigenvalue weighted by Crippen LogP contribution is 2.18. The van der Waals surface area contributed by atoms with Gasteiger partial charge in [0.1, 0.15) is 5.82 Å². The molecule has 2 heterocycles. The molecule has 0 radical (unpaired) electrons. The minimum atomic E-state index is -3.02. The molecule has 110 valence electrons. The molecule has 1 aromatic rings. The van der Waals surface area contributed by atoms with E-state index in [1.807, 2.05) is 31.1 Å². The van der Waals surface area contributed by atoms with E-state index in [4.69, 9.17) is 0 Å². The second-order valence-corrected chi connectivity index (χ2v) is 7.46. The molecule has 0 spiro atoms. The number of hydrogen-bond acceptors (Lipinski definition) is 5. The minimum absolute atomic E-state index is 0.0296. The number of carbonyl (C=O) groups is 1. The number of aromatic nitrogens is 1. The van der Waals surface area contributed by atoms with Gasteiger partial charge in [-0.2, -0.15) is 0 Å². The number of anilines is 1. The maximum Gasteiger partial charge on any atom is 0.224 e. The Labute approximate surface area is 119 Å². The van der Waals surface area contributed by atoms with Gasteiger partial charge in [-0.05, 0) is 24.1 Å². The van der Waals surface area contributed by atoms with Crippen molar-refractivity contribution in [1.82, 2.24) is 10.3 Å². The van der Waals surface area contributed by atoms with Gasteiger partial charge in [-0.3, -0.25) is 4.79 Å². The Hall–Kier alpha value is -1.63. The molecular formula is C13H19N3O3S. The minimum Gasteiger partial charge on any atom is -0.363 e. The van der Waals surface area contributed by atoms with Crippen LogP contribution in [0.4, 0.5) is 5.82 Å². The Kier molecular flexibility index (Phi) is 4.27. The molecular weight excluding hydrogens is 278 g/mol. The van der Waals surface area contributed by atoms with Gasteiger partial charge in [-0.15, -0.1) is 0 Å². The van der Waals surface area contributed by atoms with E-state index in [1.54, 1.807) is 6.20 Å². The van der Waals surface area contributed by atoms with Crippen LogP contribution in [0.3, 0.4) is 0 Å². The van der Waals surface area contributed by atoms with Gasteiger partial charge < -0.3 is 10.2 Å². The van der Waals surface area contributed by atoms with Crippen LogP contribution < -0.4 is 10.2 Å². The van der Waals surface area contributed by atoms with Crippen LogP contribution >= 0.6 is 0 Å². The lowest BCUT2D eigenvalue weighted by Gasteiger charge is -2.13. The van der Waals surface area contributed by atoms with E-state index in [0.29, 0.717) is 13.0 Å². The lowest BCUT2D eigenvalue weighted by molar-refractivity contribution is -0.124. The second kappa shape index (κ2) is 5.78. The van der Waals surface area contributed by atoms with E-state index < -0.39 is 15.8 Å². The summed E-state index contributed by atoms with van der Waals surface area (Å²) in [5.74, 6) is 0.313. The monoisotopic (exact) mass is 297 g/mol. The van der Waals surface area contributed by atoms with E-state index >= 15 is 0 Å². The predicted molar refractivity (Wildman–Crippen MR) is 77.2 cm³/mol. The van der Waals surface area contributed by atoms with E-state index in [9.17, 15) is 13.2 Å². The molecule has 0 bridgehead atoms. The Balaban J connectivity index is 1.92. The molecule has 0 aromatic carbocycles. The van der Waals surface area contributed by atoms with Gasteiger partial charge in [0, 0.05) is 26.8 Å². The summed E-state index contributed by atoms with van der Waals surface area (Å²) in [6.45, 7) is 0.388. The van der Waals surface area contributed by atoms with Crippen molar-refractivity contribution in [2.24, 2.45) is 5.92 Å². The number of amides is 1. The van der Waals surface area contributed by atoms with Crippen LogP contribution in [0.25, 0.3) is 0 Å². The third-order valence-electron chi connectivity index (χ3n) is 3.34. The topological polar surface area (TPSA) is 79.4 Å². The number of rotatable bonds is 4. The van der Waals surface area contributed by atoms with E-state index in [-0.39, 0.29) is 17.4 Å². The molecule has 1 unspecified atom stereocenters. The van der Waals surface area contributed by atoms with Crippen molar-refractivity contribution in [3.05, 3.63) is 23.9 Å². The molecule has 1 aliphatic heterocycles. The maximum atomic E-state index is 11.9. The first-order valence-corrected chi connectivity index (χ1v) is 8.30. The summed E-state index contributed by atoms with van der Waals surface area (Å²) in [6, 6.07) is 3.73. The first kappa shape index (κ1) is 14.8. The highest BCUT2D eigenvalue weighted by atomic mass is 32.2. The summed E-state index contributed by atoms with van der Waals surface area (Å²) in [5, 5.41) is 2.80. The number of carbonyl (C=O) groups excluding carboxylic acids is 1. The fraction of sp³-hybridized carbons (Fsp3) is 0.538. The third kappa shape index (κ3) is 3.69. The number of hydrogen-bond donors (Lipinski definition) is 1. The third-order valence-corrected chi connectivity index (χ3v) is 5.11. The first-order chi connectivity index (χ1) is 9.37. The van der Waals surface area contributed by atoms with Crippen molar-refractivity contribution in [3.63, 3.8) is 0 Å².